The molecule has 0 rings (SSSR count). The maximum absolute atomic E-state index is 10.8. The van der Waals surface area contributed by atoms with Gasteiger partial charge in [0.2, 0.25) is 0 Å². The van der Waals surface area contributed by atoms with Crippen LogP contribution in [0.2, 0.25) is 0 Å². The zero-order chi connectivity index (χ0) is 10.1. The maximum atomic E-state index is 10.8. The molecule has 0 fully saturated rings. The largest absolute Gasteiger partial charge is 0.449 e. The number of amides is 1. The van der Waals surface area contributed by atoms with Crippen molar-refractivity contribution in [3.63, 3.8) is 0 Å². The van der Waals surface area contributed by atoms with Crippen LogP contribution in [0.5, 0.6) is 0 Å². The maximum Gasteiger partial charge on any atom is 0.412 e. The van der Waals surface area contributed by atoms with E-state index in [0.29, 0.717) is 6.61 Å². The normalized spacial score (nSPS) is 9.31. The van der Waals surface area contributed by atoms with Crippen molar-refractivity contribution in [1.82, 2.24) is 10.6 Å². The summed E-state index contributed by atoms with van der Waals surface area (Å²) in [6, 6.07) is 0. The van der Waals surface area contributed by atoms with Crippen molar-refractivity contribution in [3.05, 3.63) is 12.4 Å². The van der Waals surface area contributed by atoms with Crippen molar-refractivity contribution >= 4 is 6.09 Å². The monoisotopic (exact) mass is 187 g/mol. The van der Waals surface area contributed by atoms with Gasteiger partial charge in [-0.25, -0.2) is 4.79 Å². The Hall–Kier alpha value is -1.23. The van der Waals surface area contributed by atoms with Crippen LogP contribution in [0, 0.1) is 0 Å². The Labute approximate surface area is 78.3 Å². The lowest BCUT2D eigenvalue weighted by Gasteiger charge is -2.05. The lowest BCUT2D eigenvalue weighted by atomic mass is 10.4. The van der Waals surface area contributed by atoms with Gasteiger partial charge in [0.15, 0.2) is 0 Å². The highest BCUT2D eigenvalue weighted by atomic mass is 16.5. The van der Waals surface area contributed by atoms with Gasteiger partial charge in [0, 0.05) is 0 Å². The molecule has 0 aliphatic rings. The zero-order valence-corrected chi connectivity index (χ0v) is 7.93. The van der Waals surface area contributed by atoms with Crippen LogP contribution in [0.4, 0.5) is 4.79 Å². The topological polar surface area (TPSA) is 76.4 Å². The standard InChI is InChI=1S/C8H17N3O2/c1-3-10-5-4-6-13-8(12)11-7(2)9/h10H,2-6,9H2,1H3,(H,11,12). The van der Waals surface area contributed by atoms with E-state index in [4.69, 9.17) is 10.5 Å². The highest BCUT2D eigenvalue weighted by molar-refractivity contribution is 5.68. The molecule has 1 amide bonds. The summed E-state index contributed by atoms with van der Waals surface area (Å²) in [6.45, 7) is 7.47. The summed E-state index contributed by atoms with van der Waals surface area (Å²) in [6.07, 6.45) is 0.238. The summed E-state index contributed by atoms with van der Waals surface area (Å²) in [7, 11) is 0. The fraction of sp³-hybridized carbons (Fsp3) is 0.625. The van der Waals surface area contributed by atoms with E-state index in [2.05, 4.69) is 17.2 Å². The molecule has 0 aromatic heterocycles. The van der Waals surface area contributed by atoms with Gasteiger partial charge >= 0.3 is 6.09 Å². The molecule has 4 N–H and O–H groups in total. The van der Waals surface area contributed by atoms with Crippen LogP contribution in [0.3, 0.4) is 0 Å². The van der Waals surface area contributed by atoms with E-state index >= 15 is 0 Å². The molecule has 0 aliphatic heterocycles. The smallest absolute Gasteiger partial charge is 0.412 e. The Morgan fingerprint density at radius 2 is 2.31 bits per heavy atom. The van der Waals surface area contributed by atoms with Crippen molar-refractivity contribution in [2.24, 2.45) is 5.73 Å². The number of nitrogens with one attached hydrogen (secondary N) is 2. The van der Waals surface area contributed by atoms with Gasteiger partial charge in [-0.3, -0.25) is 5.32 Å². The molecule has 0 heterocycles. The molecule has 0 aromatic rings. The van der Waals surface area contributed by atoms with E-state index in [0.717, 1.165) is 19.5 Å². The Balaban J connectivity index is 3.22. The van der Waals surface area contributed by atoms with Crippen molar-refractivity contribution in [2.45, 2.75) is 13.3 Å². The summed E-state index contributed by atoms with van der Waals surface area (Å²) in [5, 5.41) is 5.34. The van der Waals surface area contributed by atoms with Crippen LogP contribution in [0.1, 0.15) is 13.3 Å². The number of ether oxygens (including phenoxy) is 1. The van der Waals surface area contributed by atoms with Gasteiger partial charge in [0.1, 0.15) is 0 Å². The first kappa shape index (κ1) is 11.8. The molecule has 0 unspecified atom stereocenters. The van der Waals surface area contributed by atoms with Gasteiger partial charge in [-0.1, -0.05) is 13.5 Å². The van der Waals surface area contributed by atoms with Crippen LogP contribution >= 0.6 is 0 Å². The molecule has 0 spiro atoms. The van der Waals surface area contributed by atoms with Gasteiger partial charge in [0.25, 0.3) is 0 Å². The first-order valence-electron chi connectivity index (χ1n) is 4.25. The quantitative estimate of drug-likeness (QED) is 0.517. The van der Waals surface area contributed by atoms with E-state index in [-0.39, 0.29) is 5.82 Å². The molecule has 76 valence electrons. The average Bonchev–Trinajstić information content (AvgIpc) is 2.02. The van der Waals surface area contributed by atoms with Crippen molar-refractivity contribution < 1.29 is 9.53 Å². The van der Waals surface area contributed by atoms with Crippen LogP contribution < -0.4 is 16.4 Å². The molecule has 0 saturated heterocycles. The fourth-order valence-corrected chi connectivity index (χ4v) is 0.706. The third kappa shape index (κ3) is 8.68. The summed E-state index contributed by atoms with van der Waals surface area (Å²) >= 11 is 0. The molecule has 0 aromatic carbocycles. The van der Waals surface area contributed by atoms with Gasteiger partial charge in [0.05, 0.1) is 12.4 Å². The van der Waals surface area contributed by atoms with Crippen molar-refractivity contribution in [1.29, 1.82) is 0 Å². The minimum atomic E-state index is -0.552. The van der Waals surface area contributed by atoms with Crippen LogP contribution in [0.25, 0.3) is 0 Å². The molecular formula is C8H17N3O2. The third-order valence-corrected chi connectivity index (χ3v) is 1.24. The van der Waals surface area contributed by atoms with Gasteiger partial charge in [-0.05, 0) is 19.5 Å². The number of alkyl carbamates (subject to hydrolysis) is 1. The number of nitrogens with two attached hydrogens (primary N) is 1. The zero-order valence-electron chi connectivity index (χ0n) is 7.93. The number of hydrogen-bond acceptors (Lipinski definition) is 4. The predicted octanol–water partition coefficient (Wildman–Crippen LogP) is 0.142. The van der Waals surface area contributed by atoms with Crippen LogP contribution in [-0.4, -0.2) is 25.8 Å². The average molecular weight is 187 g/mol. The lowest BCUT2D eigenvalue weighted by Crippen LogP contribution is -2.28. The molecular weight excluding hydrogens is 170 g/mol. The Morgan fingerprint density at radius 1 is 1.62 bits per heavy atom. The SMILES string of the molecule is C=C(N)NC(=O)OCCCNCC. The highest BCUT2D eigenvalue weighted by Crippen LogP contribution is 1.83. The second-order valence-corrected chi connectivity index (χ2v) is 2.49. The van der Waals surface area contributed by atoms with Crippen LogP contribution in [-0.2, 0) is 4.74 Å². The van der Waals surface area contributed by atoms with E-state index in [1.54, 1.807) is 0 Å². The number of hydrogen-bond donors (Lipinski definition) is 3. The molecule has 5 nitrogen and oxygen atoms in total. The number of rotatable bonds is 6. The molecule has 0 bridgehead atoms. The fourth-order valence-electron chi connectivity index (χ4n) is 0.706. The molecule has 0 radical (unpaired) electrons. The third-order valence-electron chi connectivity index (χ3n) is 1.24. The Bertz CT molecular complexity index is 171. The molecule has 0 saturated carbocycles. The summed E-state index contributed by atoms with van der Waals surface area (Å²) < 4.78 is 4.77. The number of carbonyl (C=O) groups is 1. The first-order chi connectivity index (χ1) is 6.16. The van der Waals surface area contributed by atoms with E-state index in [9.17, 15) is 4.79 Å². The summed E-state index contributed by atoms with van der Waals surface area (Å²) in [5.41, 5.74) is 5.13. The molecule has 5 heteroatoms. The first-order valence-corrected chi connectivity index (χ1v) is 4.25. The summed E-state index contributed by atoms with van der Waals surface area (Å²) in [4.78, 5) is 10.8. The van der Waals surface area contributed by atoms with E-state index < -0.39 is 6.09 Å². The second-order valence-electron chi connectivity index (χ2n) is 2.49. The Morgan fingerprint density at radius 3 is 2.85 bits per heavy atom. The number of carbonyl (C=O) groups excluding carboxylic acids is 1. The van der Waals surface area contributed by atoms with Crippen LogP contribution in [0.15, 0.2) is 12.4 Å². The van der Waals surface area contributed by atoms with Gasteiger partial charge < -0.3 is 15.8 Å². The van der Waals surface area contributed by atoms with Gasteiger partial charge in [-0.15, -0.1) is 0 Å². The molecule has 0 atom stereocenters. The van der Waals surface area contributed by atoms with Gasteiger partial charge in [-0.2, -0.15) is 0 Å². The predicted molar refractivity (Wildman–Crippen MR) is 51.0 cm³/mol. The minimum Gasteiger partial charge on any atom is -0.449 e. The van der Waals surface area contributed by atoms with E-state index in [1.807, 2.05) is 6.92 Å². The highest BCUT2D eigenvalue weighted by Gasteiger charge is 1.99. The summed E-state index contributed by atoms with van der Waals surface area (Å²) in [5.74, 6) is 0.0942. The lowest BCUT2D eigenvalue weighted by molar-refractivity contribution is 0.147. The Kier molecular flexibility index (Phi) is 6.72. The van der Waals surface area contributed by atoms with Crippen molar-refractivity contribution in [3.8, 4) is 0 Å². The molecule has 0 aliphatic carbocycles. The minimum absolute atomic E-state index is 0.0942. The molecule has 13 heavy (non-hydrogen) atoms. The van der Waals surface area contributed by atoms with Crippen molar-refractivity contribution in [2.75, 3.05) is 19.7 Å². The second kappa shape index (κ2) is 7.42. The van der Waals surface area contributed by atoms with E-state index in [1.165, 1.54) is 0 Å².